The van der Waals surface area contributed by atoms with Gasteiger partial charge in [0.25, 0.3) is 0 Å². The molecule has 0 bridgehead atoms. The Labute approximate surface area is 76.2 Å². The summed E-state index contributed by atoms with van der Waals surface area (Å²) in [7, 11) is 0. The minimum atomic E-state index is -5.08. The Hall–Kier alpha value is 1.09. The summed E-state index contributed by atoms with van der Waals surface area (Å²) in [6.45, 7) is 0. The van der Waals surface area contributed by atoms with Crippen molar-refractivity contribution in [2.24, 2.45) is 0 Å². The van der Waals surface area contributed by atoms with Gasteiger partial charge in [-0.25, -0.2) is 0 Å². The second kappa shape index (κ2) is 5.85. The summed E-state index contributed by atoms with van der Waals surface area (Å²) >= 11 is -3.93. The fourth-order valence-corrected chi connectivity index (χ4v) is 0. The Morgan fingerprint density at radius 1 is 1.33 bits per heavy atom. The molecule has 0 N–H and O–H groups in total. The summed E-state index contributed by atoms with van der Waals surface area (Å²) in [5.74, 6) is 0. The summed E-state index contributed by atoms with van der Waals surface area (Å²) in [6, 6.07) is 0. The van der Waals surface area contributed by atoms with E-state index < -0.39 is 16.6 Å². The molecule has 0 fully saturated rings. The van der Waals surface area contributed by atoms with E-state index in [4.69, 9.17) is 8.76 Å². The Morgan fingerprint density at radius 3 is 1.44 bits per heavy atom. The largest absolute Gasteiger partial charge is 1.00 e. The molecule has 0 aromatic carbocycles. The summed E-state index contributed by atoms with van der Waals surface area (Å²) in [5, 5.41) is 0. The maximum Gasteiger partial charge on any atom is 1.00 e. The van der Waals surface area contributed by atoms with E-state index in [-0.39, 0.29) is 37.7 Å². The third kappa shape index (κ3) is 9.09. The summed E-state index contributed by atoms with van der Waals surface area (Å²) in [6.07, 6.45) is 0. The van der Waals surface area contributed by atoms with E-state index in [0.29, 0.717) is 0 Å². The second-order valence-corrected chi connectivity index (χ2v) is 1.61. The van der Waals surface area contributed by atoms with Crippen LogP contribution in [0, 0.1) is 0 Å². The first-order valence-corrected chi connectivity index (χ1v) is 2.18. The van der Waals surface area contributed by atoms with Gasteiger partial charge in [0.15, 0.2) is 0 Å². The minimum Gasteiger partial charge on any atom is -0.766 e. The number of rotatable bonds is 0. The monoisotopic (exact) mass is 147 g/mol. The van der Waals surface area contributed by atoms with E-state index in [2.05, 4.69) is 0 Å². The van der Waals surface area contributed by atoms with Gasteiger partial charge in [-0.3, -0.25) is 4.21 Å². The molecule has 1 atom stereocenters. The number of halogens is 3. The minimum absolute atomic E-state index is 0. The number of alkyl halides is 3. The van der Waals surface area contributed by atoms with E-state index in [9.17, 15) is 13.2 Å². The molecule has 1 unspecified atom stereocenters. The normalized spacial score (nSPS) is 12.9. The molecule has 2 nitrogen and oxygen atoms in total. The van der Waals surface area contributed by atoms with Crippen LogP contribution in [-0.2, 0) is 11.1 Å². The first-order chi connectivity index (χ1) is 2.94. The molecule has 0 rings (SSSR count). The number of hydrogen-bond donors (Lipinski definition) is 0. The van der Waals surface area contributed by atoms with Crippen LogP contribution < -0.4 is 18.9 Å². The average Bonchev–Trinajstić information content (AvgIpc) is 1.31. The van der Waals surface area contributed by atoms with Crippen molar-refractivity contribution in [2.75, 3.05) is 0 Å². The van der Waals surface area contributed by atoms with Gasteiger partial charge in [-0.1, -0.05) is 0 Å². The summed E-state index contributed by atoms with van der Waals surface area (Å²) < 4.78 is 49.5. The fourth-order valence-electron chi connectivity index (χ4n) is 0. The van der Waals surface area contributed by atoms with Crippen LogP contribution in [0.25, 0.3) is 0 Å². The molecule has 8 heteroatoms. The zero-order valence-corrected chi connectivity index (χ0v) is 5.68. The van der Waals surface area contributed by atoms with Crippen molar-refractivity contribution in [3.05, 3.63) is 0 Å². The molecule has 45 valence electrons. The Morgan fingerprint density at radius 2 is 1.44 bits per heavy atom. The van der Waals surface area contributed by atoms with Gasteiger partial charge in [-0.15, -0.1) is 0 Å². The maximum absolute atomic E-state index is 10.6. The first kappa shape index (κ1) is 16.6. The van der Waals surface area contributed by atoms with E-state index >= 15 is 0 Å². The Kier molecular flexibility index (Phi) is 10.8. The van der Waals surface area contributed by atoms with Gasteiger partial charge < -0.3 is 4.55 Å². The summed E-state index contributed by atoms with van der Waals surface area (Å²) in [5.41, 5.74) is -5.08. The van der Waals surface area contributed by atoms with Crippen LogP contribution in [-0.4, -0.2) is 33.1 Å². The molecular weight excluding hydrogens is 147 g/mol. The predicted octanol–water partition coefficient (Wildman–Crippen LogP) is -2.99. The molecule has 0 spiro atoms. The van der Waals surface area contributed by atoms with Crippen molar-refractivity contribution in [2.45, 2.75) is 5.51 Å². The smallest absolute Gasteiger partial charge is 0.766 e. The molecule has 0 aliphatic rings. The van der Waals surface area contributed by atoms with Crippen LogP contribution >= 0.6 is 0 Å². The standard InChI is InChI=1S/CHF3O2S.2Li/c2-1(3,4)7(5)6;;/h(H,5,6);;/q;;+1/p-1. The Balaban J connectivity index is -0.000000180. The molecule has 0 heterocycles. The van der Waals surface area contributed by atoms with Crippen LogP contribution in [0.5, 0.6) is 0 Å². The van der Waals surface area contributed by atoms with Crippen LogP contribution in [0.15, 0.2) is 0 Å². The molecule has 0 aromatic heterocycles. The van der Waals surface area contributed by atoms with Crippen molar-refractivity contribution in [1.82, 2.24) is 0 Å². The summed E-state index contributed by atoms with van der Waals surface area (Å²) in [4.78, 5) is 0. The van der Waals surface area contributed by atoms with Crippen molar-refractivity contribution in [1.29, 1.82) is 0 Å². The van der Waals surface area contributed by atoms with Gasteiger partial charge in [0.1, 0.15) is 0 Å². The topological polar surface area (TPSA) is 40.1 Å². The SMILES string of the molecule is O=S([O-])C(F)(F)F.[Li+].[Li]. The van der Waals surface area contributed by atoms with Gasteiger partial charge in [-0.2, -0.15) is 13.2 Å². The second-order valence-electron chi connectivity index (χ2n) is 0.680. The van der Waals surface area contributed by atoms with Gasteiger partial charge >= 0.3 is 24.4 Å². The molecule has 1 radical (unpaired) electrons. The van der Waals surface area contributed by atoms with Crippen molar-refractivity contribution < 1.29 is 40.8 Å². The molecule has 0 saturated heterocycles. The van der Waals surface area contributed by atoms with Gasteiger partial charge in [-0.05, 0) is 0 Å². The fraction of sp³-hybridized carbons (Fsp3) is 1.00. The maximum atomic E-state index is 10.6. The van der Waals surface area contributed by atoms with Gasteiger partial charge in [0, 0.05) is 18.9 Å². The molecule has 0 saturated carbocycles. The zero-order chi connectivity index (χ0) is 6.08. The first-order valence-electron chi connectivity index (χ1n) is 1.10. The van der Waals surface area contributed by atoms with E-state index in [0.717, 1.165) is 0 Å². The third-order valence-corrected chi connectivity index (χ3v) is 0.567. The number of hydrogen-bond acceptors (Lipinski definition) is 2. The molecule has 0 aliphatic heterocycles. The van der Waals surface area contributed by atoms with Gasteiger partial charge in [0.2, 0.25) is 0 Å². The van der Waals surface area contributed by atoms with E-state index in [1.165, 1.54) is 0 Å². The molecule has 9 heavy (non-hydrogen) atoms. The van der Waals surface area contributed by atoms with Crippen LogP contribution in [0.2, 0.25) is 0 Å². The van der Waals surface area contributed by atoms with Gasteiger partial charge in [0.05, 0.1) is 11.1 Å². The molecular formula is CF3Li2O2S. The van der Waals surface area contributed by atoms with Crippen LogP contribution in [0.4, 0.5) is 13.2 Å². The molecule has 0 amide bonds. The van der Waals surface area contributed by atoms with Crippen LogP contribution in [0.1, 0.15) is 0 Å². The Bertz CT molecular complexity index is 92.3. The third-order valence-electron chi connectivity index (χ3n) is 0.189. The molecule has 0 aromatic rings. The predicted molar refractivity (Wildman–Crippen MR) is 20.7 cm³/mol. The van der Waals surface area contributed by atoms with Crippen molar-refractivity contribution >= 4 is 29.9 Å². The van der Waals surface area contributed by atoms with Crippen molar-refractivity contribution in [3.63, 3.8) is 0 Å². The van der Waals surface area contributed by atoms with Crippen molar-refractivity contribution in [3.8, 4) is 0 Å². The molecule has 0 aliphatic carbocycles. The van der Waals surface area contributed by atoms with Crippen LogP contribution in [0.3, 0.4) is 0 Å². The quantitative estimate of drug-likeness (QED) is 0.270. The zero-order valence-electron chi connectivity index (χ0n) is 4.86. The van der Waals surface area contributed by atoms with E-state index in [1.807, 2.05) is 0 Å². The average molecular weight is 147 g/mol. The van der Waals surface area contributed by atoms with E-state index in [1.54, 1.807) is 0 Å².